The van der Waals surface area contributed by atoms with E-state index in [9.17, 15) is 0 Å². The Kier molecular flexibility index (Phi) is 9.00. The third-order valence-electron chi connectivity index (χ3n) is 2.01. The third kappa shape index (κ3) is 6.35. The zero-order chi connectivity index (χ0) is 9.40. The minimum Gasteiger partial charge on any atom is -0.123 e. The highest BCUT2D eigenvalue weighted by Gasteiger charge is 2.02. The number of rotatable bonds is 6. The predicted octanol–water partition coefficient (Wildman–Crippen LogP) is 4.84. The molecule has 0 amide bonds. The van der Waals surface area contributed by atoms with Gasteiger partial charge in [-0.25, -0.2) is 0 Å². The molecule has 0 fully saturated rings. The monoisotopic (exact) mass is 298 g/mol. The van der Waals surface area contributed by atoms with Crippen molar-refractivity contribution < 1.29 is 0 Å². The van der Waals surface area contributed by atoms with Gasteiger partial charge in [0.25, 0.3) is 0 Å². The largest absolute Gasteiger partial charge is 0.123 e. The van der Waals surface area contributed by atoms with E-state index in [0.717, 1.165) is 5.92 Å². The molecule has 0 aromatic heterocycles. The van der Waals surface area contributed by atoms with Crippen LogP contribution in [0.5, 0.6) is 0 Å². The van der Waals surface area contributed by atoms with E-state index in [0.29, 0.717) is 0 Å². The van der Waals surface area contributed by atoms with E-state index in [1.54, 1.807) is 0 Å². The summed E-state index contributed by atoms with van der Waals surface area (Å²) in [6.07, 6.45) is 9.90. The van der Waals surface area contributed by atoms with E-state index in [2.05, 4.69) is 48.8 Å². The van der Waals surface area contributed by atoms with Crippen molar-refractivity contribution in [2.24, 2.45) is 5.92 Å². The van der Waals surface area contributed by atoms with Crippen LogP contribution < -0.4 is 0 Å². The van der Waals surface area contributed by atoms with Gasteiger partial charge in [0.1, 0.15) is 0 Å². The molecular weight excluding hydrogens is 279 g/mol. The molecule has 1 atom stereocenters. The van der Waals surface area contributed by atoms with Crippen LogP contribution in [0.25, 0.3) is 0 Å². The third-order valence-corrected chi connectivity index (χ3v) is 4.22. The molecule has 0 rings (SSSR count). The zero-order valence-electron chi connectivity index (χ0n) is 8.27. The lowest BCUT2D eigenvalue weighted by atomic mass is 10.00. The van der Waals surface area contributed by atoms with E-state index in [1.165, 1.54) is 28.6 Å². The van der Waals surface area contributed by atoms with Crippen molar-refractivity contribution in [3.05, 3.63) is 8.99 Å². The van der Waals surface area contributed by atoms with E-state index >= 15 is 0 Å². The van der Waals surface area contributed by atoms with Crippen LogP contribution in [0.3, 0.4) is 0 Å². The highest BCUT2D eigenvalue weighted by atomic mass is 127. The lowest BCUT2D eigenvalue weighted by Gasteiger charge is -2.09. The predicted molar refractivity (Wildman–Crippen MR) is 68.9 cm³/mol. The van der Waals surface area contributed by atoms with E-state index in [1.807, 2.05) is 11.8 Å². The standard InChI is InChI=1S/C10H19IS/c1-4-6-7-9(5-2)8-10(11)12-3/h8-9H,4-7H2,1-3H3/b10-8-. The van der Waals surface area contributed by atoms with Gasteiger partial charge < -0.3 is 0 Å². The van der Waals surface area contributed by atoms with Gasteiger partial charge in [-0.15, -0.1) is 11.8 Å². The van der Waals surface area contributed by atoms with Gasteiger partial charge in [-0.05, 0) is 47.6 Å². The van der Waals surface area contributed by atoms with Crippen LogP contribution in [0.15, 0.2) is 8.99 Å². The van der Waals surface area contributed by atoms with Gasteiger partial charge in [0, 0.05) is 2.91 Å². The molecule has 0 aliphatic carbocycles. The maximum Gasteiger partial charge on any atom is 0.0417 e. The first-order valence-electron chi connectivity index (χ1n) is 4.65. The minimum atomic E-state index is 0.810. The van der Waals surface area contributed by atoms with Gasteiger partial charge in [-0.1, -0.05) is 32.8 Å². The van der Waals surface area contributed by atoms with Gasteiger partial charge in [-0.3, -0.25) is 0 Å². The lowest BCUT2D eigenvalue weighted by Crippen LogP contribution is -1.93. The first-order chi connectivity index (χ1) is 5.74. The van der Waals surface area contributed by atoms with Crippen LogP contribution in [0.4, 0.5) is 0 Å². The Bertz CT molecular complexity index is 132. The molecule has 1 unspecified atom stereocenters. The van der Waals surface area contributed by atoms with E-state index in [4.69, 9.17) is 0 Å². The molecule has 2 heteroatoms. The molecule has 0 spiro atoms. The Hall–Kier alpha value is 0.820. The van der Waals surface area contributed by atoms with E-state index in [-0.39, 0.29) is 0 Å². The molecule has 0 aliphatic rings. The van der Waals surface area contributed by atoms with Crippen LogP contribution in [0, 0.1) is 5.92 Å². The van der Waals surface area contributed by atoms with Crippen LogP contribution in [-0.2, 0) is 0 Å². The summed E-state index contributed by atoms with van der Waals surface area (Å²) < 4.78 is 1.44. The Labute approximate surface area is 94.7 Å². The van der Waals surface area contributed by atoms with Crippen molar-refractivity contribution >= 4 is 34.4 Å². The Morgan fingerprint density at radius 3 is 2.58 bits per heavy atom. The zero-order valence-corrected chi connectivity index (χ0v) is 11.2. The number of allylic oxidation sites excluding steroid dienone is 1. The summed E-state index contributed by atoms with van der Waals surface area (Å²) in [6.45, 7) is 4.54. The second kappa shape index (κ2) is 8.42. The molecule has 0 aromatic carbocycles. The molecule has 0 aliphatic heterocycles. The summed E-state index contributed by atoms with van der Waals surface area (Å²) in [5.41, 5.74) is 0. The summed E-state index contributed by atoms with van der Waals surface area (Å²) in [7, 11) is 0. The van der Waals surface area contributed by atoms with Crippen LogP contribution >= 0.6 is 34.4 Å². The van der Waals surface area contributed by atoms with Crippen molar-refractivity contribution in [3.63, 3.8) is 0 Å². The van der Waals surface area contributed by atoms with Crippen molar-refractivity contribution in [2.75, 3.05) is 6.26 Å². The normalized spacial score (nSPS) is 14.8. The van der Waals surface area contributed by atoms with Gasteiger partial charge in [0.05, 0.1) is 0 Å². The molecule has 72 valence electrons. The molecule has 12 heavy (non-hydrogen) atoms. The first-order valence-corrected chi connectivity index (χ1v) is 6.96. The topological polar surface area (TPSA) is 0 Å². The molecule has 0 saturated heterocycles. The molecule has 0 N–H and O–H groups in total. The molecule has 0 radical (unpaired) electrons. The highest BCUT2D eigenvalue weighted by molar-refractivity contribution is 14.1. The van der Waals surface area contributed by atoms with Crippen LogP contribution in [0.1, 0.15) is 39.5 Å². The second-order valence-corrected chi connectivity index (χ2v) is 5.73. The van der Waals surface area contributed by atoms with Gasteiger partial charge in [-0.2, -0.15) is 0 Å². The van der Waals surface area contributed by atoms with Crippen molar-refractivity contribution in [3.8, 4) is 0 Å². The van der Waals surface area contributed by atoms with Gasteiger partial charge in [0.15, 0.2) is 0 Å². The lowest BCUT2D eigenvalue weighted by molar-refractivity contribution is 0.540. The molecule has 0 aromatic rings. The number of hydrogen-bond donors (Lipinski definition) is 0. The molecular formula is C10H19IS. The van der Waals surface area contributed by atoms with Crippen molar-refractivity contribution in [2.45, 2.75) is 39.5 Å². The smallest absolute Gasteiger partial charge is 0.0417 e. The molecule has 0 bridgehead atoms. The Morgan fingerprint density at radius 2 is 2.17 bits per heavy atom. The summed E-state index contributed by atoms with van der Waals surface area (Å²) >= 11 is 4.27. The number of thioether (sulfide) groups is 1. The fraction of sp³-hybridized carbons (Fsp3) is 0.800. The average Bonchev–Trinajstić information content (AvgIpc) is 2.11. The maximum atomic E-state index is 2.42. The van der Waals surface area contributed by atoms with Crippen LogP contribution in [-0.4, -0.2) is 6.26 Å². The number of halogens is 1. The summed E-state index contributed by atoms with van der Waals surface area (Å²) in [5, 5.41) is 0. The number of unbranched alkanes of at least 4 members (excludes halogenated alkanes) is 1. The second-order valence-electron chi connectivity index (χ2n) is 2.99. The fourth-order valence-electron chi connectivity index (χ4n) is 1.12. The summed E-state index contributed by atoms with van der Waals surface area (Å²) in [4.78, 5) is 0. The molecule has 0 heterocycles. The molecule has 0 saturated carbocycles. The molecule has 0 nitrogen and oxygen atoms in total. The summed E-state index contributed by atoms with van der Waals surface area (Å²) in [5.74, 6) is 0.810. The van der Waals surface area contributed by atoms with Crippen molar-refractivity contribution in [1.29, 1.82) is 0 Å². The van der Waals surface area contributed by atoms with Gasteiger partial charge in [0.2, 0.25) is 0 Å². The minimum absolute atomic E-state index is 0.810. The van der Waals surface area contributed by atoms with Crippen LogP contribution in [0.2, 0.25) is 0 Å². The number of hydrogen-bond acceptors (Lipinski definition) is 1. The average molecular weight is 298 g/mol. The maximum absolute atomic E-state index is 2.42. The highest BCUT2D eigenvalue weighted by Crippen LogP contribution is 2.25. The summed E-state index contributed by atoms with van der Waals surface area (Å²) in [6, 6.07) is 0. The Balaban J connectivity index is 3.81. The Morgan fingerprint density at radius 1 is 1.50 bits per heavy atom. The van der Waals surface area contributed by atoms with Gasteiger partial charge >= 0.3 is 0 Å². The quantitative estimate of drug-likeness (QED) is 0.632. The van der Waals surface area contributed by atoms with Crippen molar-refractivity contribution in [1.82, 2.24) is 0 Å². The van der Waals surface area contributed by atoms with E-state index < -0.39 is 0 Å². The fourth-order valence-corrected chi connectivity index (χ4v) is 1.96. The first kappa shape index (κ1) is 12.8. The SMILES string of the molecule is CCCCC(/C=C(/I)SC)CC.